The number of ether oxygens (including phenoxy) is 4. The number of nitrogens with one attached hydrogen (secondary N) is 1. The Morgan fingerprint density at radius 1 is 1.11 bits per heavy atom. The summed E-state index contributed by atoms with van der Waals surface area (Å²) < 4.78 is 22.6. The van der Waals surface area contributed by atoms with Gasteiger partial charge in [-0.2, -0.15) is 0 Å². The van der Waals surface area contributed by atoms with Crippen LogP contribution in [0.25, 0.3) is 0 Å². The molecule has 6 heteroatoms. The van der Waals surface area contributed by atoms with Gasteiger partial charge in [-0.25, -0.2) is 0 Å². The first kappa shape index (κ1) is 18.6. The Kier molecular flexibility index (Phi) is 5.55. The number of rotatable bonds is 6. The lowest BCUT2D eigenvalue weighted by Crippen LogP contribution is -2.37. The van der Waals surface area contributed by atoms with E-state index in [1.54, 1.807) is 0 Å². The molecule has 1 N–H and O–H groups in total. The molecule has 0 radical (unpaired) electrons. The first-order chi connectivity index (χ1) is 13.1. The lowest BCUT2D eigenvalue weighted by atomic mass is 9.84. The molecule has 0 bridgehead atoms. The molecule has 2 fully saturated rings. The molecule has 1 aromatic rings. The fraction of sp³-hybridized carbons (Fsp3) is 0.667. The van der Waals surface area contributed by atoms with Crippen molar-refractivity contribution < 1.29 is 23.7 Å². The highest BCUT2D eigenvalue weighted by Crippen LogP contribution is 2.41. The second-order valence-corrected chi connectivity index (χ2v) is 7.80. The van der Waals surface area contributed by atoms with Crippen molar-refractivity contribution in [1.29, 1.82) is 0 Å². The van der Waals surface area contributed by atoms with Gasteiger partial charge in [-0.1, -0.05) is 18.9 Å². The zero-order valence-corrected chi connectivity index (χ0v) is 16.0. The molecule has 0 aromatic heterocycles. The molecule has 1 aliphatic carbocycles. The van der Waals surface area contributed by atoms with Gasteiger partial charge in [-0.3, -0.25) is 4.79 Å². The SMILES string of the molecule is CC1(CCNC(=O)C(c2ccc3c(c2)OCCO3)C2CCCC2)OCCO1. The fourth-order valence-electron chi connectivity index (χ4n) is 4.41. The number of amides is 1. The average molecular weight is 375 g/mol. The number of fused-ring (bicyclic) bond motifs is 1. The molecule has 2 heterocycles. The predicted octanol–water partition coefficient (Wildman–Crippen LogP) is 3.00. The second-order valence-electron chi connectivity index (χ2n) is 7.80. The molecule has 1 saturated carbocycles. The third-order valence-corrected chi connectivity index (χ3v) is 5.86. The maximum absolute atomic E-state index is 13.1. The van der Waals surface area contributed by atoms with Crippen molar-refractivity contribution in [3.05, 3.63) is 23.8 Å². The van der Waals surface area contributed by atoms with Crippen LogP contribution in [0, 0.1) is 5.92 Å². The van der Waals surface area contributed by atoms with Crippen molar-refractivity contribution in [2.24, 2.45) is 5.92 Å². The van der Waals surface area contributed by atoms with E-state index in [1.165, 1.54) is 12.8 Å². The van der Waals surface area contributed by atoms with Crippen LogP contribution in [0.2, 0.25) is 0 Å². The molecule has 2 aliphatic heterocycles. The first-order valence-corrected chi connectivity index (χ1v) is 10.1. The quantitative estimate of drug-likeness (QED) is 0.828. The Balaban J connectivity index is 1.46. The van der Waals surface area contributed by atoms with Gasteiger partial charge in [0.2, 0.25) is 5.91 Å². The van der Waals surface area contributed by atoms with Crippen molar-refractivity contribution in [3.8, 4) is 11.5 Å². The highest BCUT2D eigenvalue weighted by atomic mass is 16.7. The van der Waals surface area contributed by atoms with Crippen molar-refractivity contribution >= 4 is 5.91 Å². The molecule has 148 valence electrons. The van der Waals surface area contributed by atoms with Gasteiger partial charge in [0.05, 0.1) is 19.1 Å². The molecule has 6 nitrogen and oxygen atoms in total. The zero-order chi connectivity index (χ0) is 18.7. The standard InChI is InChI=1S/C21H29NO5/c1-21(26-12-13-27-21)8-9-22-20(23)19(15-4-2-3-5-15)16-6-7-17-18(14-16)25-11-10-24-17/h6-7,14-15,19H,2-5,8-13H2,1H3,(H,22,23). The second kappa shape index (κ2) is 8.07. The maximum Gasteiger partial charge on any atom is 0.227 e. The molecule has 27 heavy (non-hydrogen) atoms. The van der Waals surface area contributed by atoms with Gasteiger partial charge in [-0.05, 0) is 43.4 Å². The van der Waals surface area contributed by atoms with Crippen molar-refractivity contribution in [1.82, 2.24) is 5.32 Å². The topological polar surface area (TPSA) is 66.0 Å². The molecule has 0 spiro atoms. The number of hydrogen-bond donors (Lipinski definition) is 1. The summed E-state index contributed by atoms with van der Waals surface area (Å²) in [5, 5.41) is 3.12. The van der Waals surface area contributed by atoms with Gasteiger partial charge in [0, 0.05) is 13.0 Å². The van der Waals surface area contributed by atoms with E-state index in [9.17, 15) is 4.79 Å². The molecule has 3 aliphatic rings. The fourth-order valence-corrected chi connectivity index (χ4v) is 4.41. The molecule has 1 saturated heterocycles. The van der Waals surface area contributed by atoms with E-state index in [1.807, 2.05) is 25.1 Å². The number of carbonyl (C=O) groups is 1. The zero-order valence-electron chi connectivity index (χ0n) is 16.0. The molecular weight excluding hydrogens is 346 g/mol. The third kappa shape index (κ3) is 4.22. The summed E-state index contributed by atoms with van der Waals surface area (Å²) in [5.74, 6) is 1.24. The summed E-state index contributed by atoms with van der Waals surface area (Å²) in [7, 11) is 0. The molecule has 1 amide bonds. The van der Waals surface area contributed by atoms with Gasteiger partial charge < -0.3 is 24.3 Å². The largest absolute Gasteiger partial charge is 0.486 e. The summed E-state index contributed by atoms with van der Waals surface area (Å²) in [6.07, 6.45) is 5.22. The summed E-state index contributed by atoms with van der Waals surface area (Å²) in [6, 6.07) is 5.93. The van der Waals surface area contributed by atoms with Gasteiger partial charge in [0.1, 0.15) is 13.2 Å². The maximum atomic E-state index is 13.1. The van der Waals surface area contributed by atoms with Crippen molar-refractivity contribution in [3.63, 3.8) is 0 Å². The highest BCUT2D eigenvalue weighted by Gasteiger charge is 2.34. The van der Waals surface area contributed by atoms with Crippen molar-refractivity contribution in [2.45, 2.75) is 50.7 Å². The Morgan fingerprint density at radius 2 is 1.81 bits per heavy atom. The molecule has 1 unspecified atom stereocenters. The van der Waals surface area contributed by atoms with E-state index < -0.39 is 5.79 Å². The van der Waals surface area contributed by atoms with E-state index in [0.717, 1.165) is 29.9 Å². The van der Waals surface area contributed by atoms with Gasteiger partial charge in [-0.15, -0.1) is 0 Å². The number of carbonyl (C=O) groups excluding carboxylic acids is 1. The Morgan fingerprint density at radius 3 is 2.56 bits per heavy atom. The minimum atomic E-state index is -0.576. The van der Waals surface area contributed by atoms with Crippen molar-refractivity contribution in [2.75, 3.05) is 33.0 Å². The Bertz CT molecular complexity index is 665. The summed E-state index contributed by atoms with van der Waals surface area (Å²) in [6.45, 7) is 4.83. The number of hydrogen-bond acceptors (Lipinski definition) is 5. The minimum absolute atomic E-state index is 0.0835. The minimum Gasteiger partial charge on any atom is -0.486 e. The van der Waals surface area contributed by atoms with E-state index >= 15 is 0 Å². The van der Waals surface area contributed by atoms with Gasteiger partial charge in [0.25, 0.3) is 0 Å². The lowest BCUT2D eigenvalue weighted by Gasteiger charge is -2.27. The Labute approximate surface area is 160 Å². The summed E-state index contributed by atoms with van der Waals surface area (Å²) >= 11 is 0. The van der Waals surface area contributed by atoms with Gasteiger partial charge >= 0.3 is 0 Å². The summed E-state index contributed by atoms with van der Waals surface area (Å²) in [4.78, 5) is 13.1. The molecule has 1 aromatic carbocycles. The van der Waals surface area contributed by atoms with Gasteiger partial charge in [0.15, 0.2) is 17.3 Å². The van der Waals surface area contributed by atoms with E-state index in [-0.39, 0.29) is 11.8 Å². The highest BCUT2D eigenvalue weighted by molar-refractivity contribution is 5.84. The molecule has 1 atom stereocenters. The van der Waals surface area contributed by atoms with Crippen LogP contribution in [-0.2, 0) is 14.3 Å². The van der Waals surface area contributed by atoms with E-state index in [2.05, 4.69) is 5.32 Å². The average Bonchev–Trinajstić information content (AvgIpc) is 3.34. The smallest absolute Gasteiger partial charge is 0.227 e. The predicted molar refractivity (Wildman–Crippen MR) is 100 cm³/mol. The van der Waals surface area contributed by atoms with E-state index in [4.69, 9.17) is 18.9 Å². The van der Waals surface area contributed by atoms with Crippen LogP contribution >= 0.6 is 0 Å². The number of benzene rings is 1. The van der Waals surface area contributed by atoms with Crippen LogP contribution in [0.15, 0.2) is 18.2 Å². The van der Waals surface area contributed by atoms with Crippen LogP contribution in [-0.4, -0.2) is 44.7 Å². The normalized spacial score (nSPS) is 22.6. The Hall–Kier alpha value is -1.79. The van der Waals surface area contributed by atoms with Crippen LogP contribution < -0.4 is 14.8 Å². The summed E-state index contributed by atoms with van der Waals surface area (Å²) in [5.41, 5.74) is 1.02. The third-order valence-electron chi connectivity index (χ3n) is 5.86. The lowest BCUT2D eigenvalue weighted by molar-refractivity contribution is -0.146. The first-order valence-electron chi connectivity index (χ1n) is 10.1. The van der Waals surface area contributed by atoms with E-state index in [0.29, 0.717) is 45.3 Å². The van der Waals surface area contributed by atoms with Crippen LogP contribution in [0.4, 0.5) is 0 Å². The van der Waals surface area contributed by atoms with Crippen LogP contribution in [0.5, 0.6) is 11.5 Å². The van der Waals surface area contributed by atoms with Crippen LogP contribution in [0.3, 0.4) is 0 Å². The monoisotopic (exact) mass is 375 g/mol. The molecule has 4 rings (SSSR count). The molecular formula is C21H29NO5. The van der Waals surface area contributed by atoms with Crippen LogP contribution in [0.1, 0.15) is 50.5 Å².